The molecular weight excluding hydrogens is 238 g/mol. The number of likely N-dealkylation sites (tertiary alicyclic amines) is 1. The van der Waals surface area contributed by atoms with Gasteiger partial charge in [-0.15, -0.1) is 0 Å². The summed E-state index contributed by atoms with van der Waals surface area (Å²) in [6.07, 6.45) is 3.97. The van der Waals surface area contributed by atoms with Crippen molar-refractivity contribution in [1.29, 1.82) is 0 Å². The van der Waals surface area contributed by atoms with Gasteiger partial charge < -0.3 is 16.0 Å². The molecule has 2 rings (SSSR count). The lowest BCUT2D eigenvalue weighted by molar-refractivity contribution is -0.128. The first-order valence-corrected chi connectivity index (χ1v) is 7.72. The van der Waals surface area contributed by atoms with E-state index in [-0.39, 0.29) is 17.9 Å². The summed E-state index contributed by atoms with van der Waals surface area (Å²) < 4.78 is 0. The van der Waals surface area contributed by atoms with E-state index in [4.69, 9.17) is 5.73 Å². The Balaban J connectivity index is 1.84. The summed E-state index contributed by atoms with van der Waals surface area (Å²) in [5.41, 5.74) is 6.02. The molecular formula is C15H29N3O. The zero-order valence-corrected chi connectivity index (χ0v) is 12.6. The lowest BCUT2D eigenvalue weighted by atomic mass is 9.78. The van der Waals surface area contributed by atoms with Gasteiger partial charge in [-0.25, -0.2) is 0 Å². The van der Waals surface area contributed by atoms with Crippen LogP contribution in [0.25, 0.3) is 0 Å². The molecule has 2 fully saturated rings. The number of carbonyl (C=O) groups is 1. The number of piperidine rings is 1. The first kappa shape index (κ1) is 14.8. The standard InChI is InChI=1S/C15H29N3O/c1-10-8-12(4-5-13(10)16)15(19)17-14-6-7-18(3)9-11(14)2/h10-14H,4-9,16H2,1-3H3,(H,17,19). The highest BCUT2D eigenvalue weighted by Crippen LogP contribution is 2.28. The SMILES string of the molecule is CC1CC(C(=O)NC2CCN(C)CC2C)CCC1N. The van der Waals surface area contributed by atoms with Gasteiger partial charge in [-0.2, -0.15) is 0 Å². The molecule has 1 aliphatic carbocycles. The largest absolute Gasteiger partial charge is 0.353 e. The number of carbonyl (C=O) groups excluding carboxylic acids is 1. The van der Waals surface area contributed by atoms with E-state index < -0.39 is 0 Å². The number of hydrogen-bond donors (Lipinski definition) is 2. The molecule has 0 aromatic rings. The first-order valence-electron chi connectivity index (χ1n) is 7.72. The van der Waals surface area contributed by atoms with Crippen molar-refractivity contribution >= 4 is 5.91 Å². The summed E-state index contributed by atoms with van der Waals surface area (Å²) in [6.45, 7) is 6.57. The fraction of sp³-hybridized carbons (Fsp3) is 0.933. The zero-order valence-electron chi connectivity index (χ0n) is 12.6. The Hall–Kier alpha value is -0.610. The van der Waals surface area contributed by atoms with E-state index in [1.165, 1.54) is 0 Å². The maximum absolute atomic E-state index is 12.4. The Kier molecular flexibility index (Phi) is 4.85. The monoisotopic (exact) mass is 267 g/mol. The summed E-state index contributed by atoms with van der Waals surface area (Å²) in [5, 5.41) is 3.29. The van der Waals surface area contributed by atoms with Crippen molar-refractivity contribution in [2.75, 3.05) is 20.1 Å². The molecule has 0 aromatic heterocycles. The molecule has 0 aromatic carbocycles. The average Bonchev–Trinajstić information content (AvgIpc) is 2.36. The van der Waals surface area contributed by atoms with Crippen LogP contribution in [0.15, 0.2) is 0 Å². The molecule has 1 saturated carbocycles. The van der Waals surface area contributed by atoms with Crippen LogP contribution in [0.2, 0.25) is 0 Å². The number of nitrogens with one attached hydrogen (secondary N) is 1. The lowest BCUT2D eigenvalue weighted by Gasteiger charge is -2.37. The number of hydrogen-bond acceptors (Lipinski definition) is 3. The van der Waals surface area contributed by atoms with Crippen molar-refractivity contribution < 1.29 is 4.79 Å². The van der Waals surface area contributed by atoms with Crippen molar-refractivity contribution in [1.82, 2.24) is 10.2 Å². The minimum atomic E-state index is 0.182. The Morgan fingerprint density at radius 1 is 1.21 bits per heavy atom. The summed E-state index contributed by atoms with van der Waals surface area (Å²) in [4.78, 5) is 14.7. The van der Waals surface area contributed by atoms with Crippen LogP contribution in [0.4, 0.5) is 0 Å². The molecule has 0 bridgehead atoms. The van der Waals surface area contributed by atoms with Gasteiger partial charge in [0, 0.05) is 24.5 Å². The van der Waals surface area contributed by atoms with Crippen LogP contribution in [0.1, 0.15) is 39.5 Å². The van der Waals surface area contributed by atoms with Crippen LogP contribution in [0, 0.1) is 17.8 Å². The normalized spacial score (nSPS) is 40.9. The van der Waals surface area contributed by atoms with E-state index in [2.05, 4.69) is 31.1 Å². The van der Waals surface area contributed by atoms with E-state index in [0.29, 0.717) is 17.9 Å². The zero-order chi connectivity index (χ0) is 14.0. The molecule has 5 unspecified atom stereocenters. The summed E-state index contributed by atoms with van der Waals surface area (Å²) >= 11 is 0. The van der Waals surface area contributed by atoms with Gasteiger partial charge in [0.2, 0.25) is 5.91 Å². The van der Waals surface area contributed by atoms with Gasteiger partial charge in [-0.1, -0.05) is 13.8 Å². The van der Waals surface area contributed by atoms with Gasteiger partial charge >= 0.3 is 0 Å². The third kappa shape index (κ3) is 3.69. The number of rotatable bonds is 2. The van der Waals surface area contributed by atoms with Crippen LogP contribution < -0.4 is 11.1 Å². The van der Waals surface area contributed by atoms with Crippen molar-refractivity contribution in [2.45, 2.75) is 51.6 Å². The maximum Gasteiger partial charge on any atom is 0.223 e. The van der Waals surface area contributed by atoms with Crippen LogP contribution >= 0.6 is 0 Å². The minimum absolute atomic E-state index is 0.182. The molecule has 4 nitrogen and oxygen atoms in total. The minimum Gasteiger partial charge on any atom is -0.353 e. The highest BCUT2D eigenvalue weighted by molar-refractivity contribution is 5.79. The van der Waals surface area contributed by atoms with Crippen molar-refractivity contribution in [2.24, 2.45) is 23.5 Å². The van der Waals surface area contributed by atoms with Crippen LogP contribution in [-0.4, -0.2) is 43.0 Å². The summed E-state index contributed by atoms with van der Waals surface area (Å²) in [7, 11) is 2.15. The second-order valence-electron chi connectivity index (χ2n) is 6.79. The van der Waals surface area contributed by atoms with Gasteiger partial charge in [0.15, 0.2) is 0 Å². The van der Waals surface area contributed by atoms with Crippen LogP contribution in [0.3, 0.4) is 0 Å². The van der Waals surface area contributed by atoms with Crippen LogP contribution in [-0.2, 0) is 4.79 Å². The van der Waals surface area contributed by atoms with Crippen molar-refractivity contribution in [3.8, 4) is 0 Å². The molecule has 0 spiro atoms. The van der Waals surface area contributed by atoms with E-state index in [9.17, 15) is 4.79 Å². The predicted molar refractivity (Wildman–Crippen MR) is 77.7 cm³/mol. The Morgan fingerprint density at radius 2 is 1.95 bits per heavy atom. The average molecular weight is 267 g/mol. The van der Waals surface area contributed by atoms with Crippen molar-refractivity contribution in [3.63, 3.8) is 0 Å². The van der Waals surface area contributed by atoms with E-state index in [1.54, 1.807) is 0 Å². The quantitative estimate of drug-likeness (QED) is 0.790. The highest BCUT2D eigenvalue weighted by Gasteiger charge is 2.32. The van der Waals surface area contributed by atoms with Gasteiger partial charge in [0.1, 0.15) is 0 Å². The predicted octanol–water partition coefficient (Wildman–Crippen LogP) is 1.21. The van der Waals surface area contributed by atoms with Gasteiger partial charge in [-0.05, 0) is 51.1 Å². The second-order valence-corrected chi connectivity index (χ2v) is 6.79. The van der Waals surface area contributed by atoms with E-state index >= 15 is 0 Å². The van der Waals surface area contributed by atoms with E-state index in [1.807, 2.05) is 0 Å². The van der Waals surface area contributed by atoms with Crippen LogP contribution in [0.5, 0.6) is 0 Å². The Morgan fingerprint density at radius 3 is 2.58 bits per heavy atom. The fourth-order valence-corrected chi connectivity index (χ4v) is 3.53. The van der Waals surface area contributed by atoms with Gasteiger partial charge in [0.05, 0.1) is 0 Å². The lowest BCUT2D eigenvalue weighted by Crippen LogP contribution is -2.51. The molecule has 1 aliphatic heterocycles. The molecule has 3 N–H and O–H groups in total. The van der Waals surface area contributed by atoms with E-state index in [0.717, 1.165) is 38.8 Å². The molecule has 4 heteroatoms. The number of amides is 1. The molecule has 5 atom stereocenters. The molecule has 2 aliphatic rings. The molecule has 19 heavy (non-hydrogen) atoms. The topological polar surface area (TPSA) is 58.4 Å². The molecule has 110 valence electrons. The molecule has 0 radical (unpaired) electrons. The molecule has 1 amide bonds. The second kappa shape index (κ2) is 6.23. The molecule has 1 heterocycles. The third-order valence-corrected chi connectivity index (χ3v) is 5.04. The smallest absolute Gasteiger partial charge is 0.223 e. The summed E-state index contributed by atoms with van der Waals surface area (Å²) in [5.74, 6) is 1.46. The first-order chi connectivity index (χ1) is 8.97. The Bertz CT molecular complexity index is 321. The third-order valence-electron chi connectivity index (χ3n) is 5.04. The van der Waals surface area contributed by atoms with Crippen molar-refractivity contribution in [3.05, 3.63) is 0 Å². The Labute approximate surface area is 117 Å². The van der Waals surface area contributed by atoms with Gasteiger partial charge in [-0.3, -0.25) is 4.79 Å². The fourth-order valence-electron chi connectivity index (χ4n) is 3.53. The highest BCUT2D eigenvalue weighted by atomic mass is 16.1. The van der Waals surface area contributed by atoms with Gasteiger partial charge in [0.25, 0.3) is 0 Å². The number of nitrogens with two attached hydrogens (primary N) is 1. The number of nitrogens with zero attached hydrogens (tertiary/aromatic N) is 1. The maximum atomic E-state index is 12.4. The molecule has 1 saturated heterocycles. The summed E-state index contributed by atoms with van der Waals surface area (Å²) in [6, 6.07) is 0.640.